The van der Waals surface area contributed by atoms with Crippen LogP contribution in [-0.4, -0.2) is 15.9 Å². The van der Waals surface area contributed by atoms with Gasteiger partial charge in [0.05, 0.1) is 23.0 Å². The third kappa shape index (κ3) is 2.30. The number of amides is 1. The molecule has 0 fully saturated rings. The number of carbonyl (C=O) groups excluding carboxylic acids is 1. The molecule has 0 aliphatic heterocycles. The standard InChI is InChI=1S/C14H10ClN3O/c15-12-5-4-10(8-17-12)18-14(19)11-3-1-2-9-6-7-16-13(9)11/h1-8,16H,(H,18,19). The van der Waals surface area contributed by atoms with E-state index in [4.69, 9.17) is 11.6 Å². The van der Waals surface area contributed by atoms with Gasteiger partial charge in [-0.05, 0) is 24.3 Å². The van der Waals surface area contributed by atoms with Crippen LogP contribution in [-0.2, 0) is 0 Å². The van der Waals surface area contributed by atoms with Crippen LogP contribution < -0.4 is 5.32 Å². The van der Waals surface area contributed by atoms with Gasteiger partial charge in [-0.15, -0.1) is 0 Å². The Balaban J connectivity index is 1.92. The Morgan fingerprint density at radius 2 is 2.11 bits per heavy atom. The first-order chi connectivity index (χ1) is 9.24. The molecule has 0 atom stereocenters. The molecular weight excluding hydrogens is 262 g/mol. The SMILES string of the molecule is O=C(Nc1ccc(Cl)nc1)c1cccc2cc[nH]c12. The first-order valence-corrected chi connectivity index (χ1v) is 6.11. The number of nitrogens with zero attached hydrogens (tertiary/aromatic N) is 1. The number of aromatic nitrogens is 2. The van der Waals surface area contributed by atoms with E-state index in [9.17, 15) is 4.79 Å². The summed E-state index contributed by atoms with van der Waals surface area (Å²) in [6.07, 6.45) is 3.33. The smallest absolute Gasteiger partial charge is 0.257 e. The molecule has 0 aliphatic rings. The van der Waals surface area contributed by atoms with Crippen LogP contribution >= 0.6 is 11.6 Å². The lowest BCUT2D eigenvalue weighted by atomic mass is 10.1. The molecule has 2 aromatic heterocycles. The highest BCUT2D eigenvalue weighted by atomic mass is 35.5. The molecule has 3 rings (SSSR count). The number of hydrogen-bond acceptors (Lipinski definition) is 2. The van der Waals surface area contributed by atoms with Crippen molar-refractivity contribution in [2.45, 2.75) is 0 Å². The third-order valence-corrected chi connectivity index (χ3v) is 3.04. The van der Waals surface area contributed by atoms with E-state index in [1.54, 1.807) is 18.2 Å². The molecule has 3 aromatic rings. The average Bonchev–Trinajstić information content (AvgIpc) is 2.89. The Hall–Kier alpha value is -2.33. The van der Waals surface area contributed by atoms with Crippen molar-refractivity contribution in [1.29, 1.82) is 0 Å². The van der Waals surface area contributed by atoms with Gasteiger partial charge in [0.1, 0.15) is 5.15 Å². The number of carbonyl (C=O) groups is 1. The highest BCUT2D eigenvalue weighted by molar-refractivity contribution is 6.29. The minimum absolute atomic E-state index is 0.183. The maximum absolute atomic E-state index is 12.2. The highest BCUT2D eigenvalue weighted by Crippen LogP contribution is 2.18. The number of nitrogens with one attached hydrogen (secondary N) is 2. The van der Waals surface area contributed by atoms with E-state index in [2.05, 4.69) is 15.3 Å². The van der Waals surface area contributed by atoms with Gasteiger partial charge < -0.3 is 10.3 Å². The summed E-state index contributed by atoms with van der Waals surface area (Å²) >= 11 is 5.70. The van der Waals surface area contributed by atoms with Crippen LogP contribution in [0.5, 0.6) is 0 Å². The second-order valence-corrected chi connectivity index (χ2v) is 4.46. The Morgan fingerprint density at radius 3 is 2.89 bits per heavy atom. The van der Waals surface area contributed by atoms with Crippen molar-refractivity contribution < 1.29 is 4.79 Å². The summed E-state index contributed by atoms with van der Waals surface area (Å²) < 4.78 is 0. The Labute approximate surface area is 114 Å². The molecule has 4 nitrogen and oxygen atoms in total. The van der Waals surface area contributed by atoms with Crippen LogP contribution in [0.1, 0.15) is 10.4 Å². The zero-order chi connectivity index (χ0) is 13.2. The topological polar surface area (TPSA) is 57.8 Å². The number of halogens is 1. The maximum Gasteiger partial charge on any atom is 0.257 e. The summed E-state index contributed by atoms with van der Waals surface area (Å²) in [5.74, 6) is -0.183. The number of fused-ring (bicyclic) bond motifs is 1. The summed E-state index contributed by atoms with van der Waals surface area (Å²) in [7, 11) is 0. The van der Waals surface area contributed by atoms with Crippen LogP contribution in [0.2, 0.25) is 5.15 Å². The average molecular weight is 272 g/mol. The second kappa shape index (κ2) is 4.74. The number of hydrogen-bond donors (Lipinski definition) is 2. The zero-order valence-corrected chi connectivity index (χ0v) is 10.6. The van der Waals surface area contributed by atoms with Gasteiger partial charge in [0.15, 0.2) is 0 Å². The molecule has 5 heteroatoms. The summed E-state index contributed by atoms with van der Waals surface area (Å²) in [6, 6.07) is 10.8. The quantitative estimate of drug-likeness (QED) is 0.701. The number of H-pyrrole nitrogens is 1. The second-order valence-electron chi connectivity index (χ2n) is 4.07. The molecule has 0 saturated heterocycles. The summed E-state index contributed by atoms with van der Waals surface area (Å²) in [5, 5.41) is 4.18. The normalized spacial score (nSPS) is 10.6. The molecule has 0 aliphatic carbocycles. The van der Waals surface area contributed by atoms with E-state index in [-0.39, 0.29) is 5.91 Å². The van der Waals surface area contributed by atoms with Crippen molar-refractivity contribution in [2.24, 2.45) is 0 Å². The number of para-hydroxylation sites is 1. The molecule has 2 N–H and O–H groups in total. The fraction of sp³-hybridized carbons (Fsp3) is 0. The molecular formula is C14H10ClN3O. The fourth-order valence-electron chi connectivity index (χ4n) is 1.92. The molecule has 0 unspecified atom stereocenters. The van der Waals surface area contributed by atoms with Gasteiger partial charge in [0.25, 0.3) is 5.91 Å². The van der Waals surface area contributed by atoms with Gasteiger partial charge in [-0.25, -0.2) is 4.98 Å². The molecule has 0 saturated carbocycles. The number of benzene rings is 1. The lowest BCUT2D eigenvalue weighted by molar-refractivity contribution is 0.102. The van der Waals surface area contributed by atoms with Gasteiger partial charge >= 0.3 is 0 Å². The van der Waals surface area contributed by atoms with Crippen LogP contribution in [0, 0.1) is 0 Å². The van der Waals surface area contributed by atoms with Crippen LogP contribution in [0.3, 0.4) is 0 Å². The van der Waals surface area contributed by atoms with E-state index in [1.165, 1.54) is 6.20 Å². The first kappa shape index (κ1) is 11.7. The van der Waals surface area contributed by atoms with Crippen molar-refractivity contribution >= 4 is 34.1 Å². The fourth-order valence-corrected chi connectivity index (χ4v) is 2.03. The maximum atomic E-state index is 12.2. The van der Waals surface area contributed by atoms with E-state index in [0.717, 1.165) is 10.9 Å². The minimum Gasteiger partial charge on any atom is -0.361 e. The number of aromatic amines is 1. The van der Waals surface area contributed by atoms with E-state index < -0.39 is 0 Å². The monoisotopic (exact) mass is 271 g/mol. The summed E-state index contributed by atoms with van der Waals surface area (Å²) in [6.45, 7) is 0. The van der Waals surface area contributed by atoms with Gasteiger partial charge in [-0.3, -0.25) is 4.79 Å². The minimum atomic E-state index is -0.183. The van der Waals surface area contributed by atoms with Crippen molar-refractivity contribution in [3.63, 3.8) is 0 Å². The van der Waals surface area contributed by atoms with Crippen LogP contribution in [0.4, 0.5) is 5.69 Å². The van der Waals surface area contributed by atoms with Crippen molar-refractivity contribution in [3.8, 4) is 0 Å². The number of rotatable bonds is 2. The predicted octanol–water partition coefficient (Wildman–Crippen LogP) is 3.47. The third-order valence-electron chi connectivity index (χ3n) is 2.82. The number of anilines is 1. The van der Waals surface area contributed by atoms with Crippen molar-refractivity contribution in [1.82, 2.24) is 9.97 Å². The zero-order valence-electron chi connectivity index (χ0n) is 9.85. The molecule has 0 bridgehead atoms. The first-order valence-electron chi connectivity index (χ1n) is 5.73. The molecule has 2 heterocycles. The molecule has 0 spiro atoms. The van der Waals surface area contributed by atoms with E-state index >= 15 is 0 Å². The molecule has 1 aromatic carbocycles. The van der Waals surface area contributed by atoms with Gasteiger partial charge in [-0.2, -0.15) is 0 Å². The van der Waals surface area contributed by atoms with Crippen molar-refractivity contribution in [2.75, 3.05) is 5.32 Å². The van der Waals surface area contributed by atoms with Crippen LogP contribution in [0.25, 0.3) is 10.9 Å². The van der Waals surface area contributed by atoms with Gasteiger partial charge in [0.2, 0.25) is 0 Å². The predicted molar refractivity (Wildman–Crippen MR) is 75.5 cm³/mol. The number of pyridine rings is 1. The molecule has 1 amide bonds. The molecule has 0 radical (unpaired) electrons. The molecule has 19 heavy (non-hydrogen) atoms. The summed E-state index contributed by atoms with van der Waals surface area (Å²) in [5.41, 5.74) is 2.03. The Kier molecular flexibility index (Phi) is 2.93. The highest BCUT2D eigenvalue weighted by Gasteiger charge is 2.10. The van der Waals surface area contributed by atoms with E-state index in [1.807, 2.05) is 24.4 Å². The molecule has 94 valence electrons. The largest absolute Gasteiger partial charge is 0.361 e. The van der Waals surface area contributed by atoms with E-state index in [0.29, 0.717) is 16.4 Å². The summed E-state index contributed by atoms with van der Waals surface area (Å²) in [4.78, 5) is 19.2. The van der Waals surface area contributed by atoms with Gasteiger partial charge in [0, 0.05) is 11.6 Å². The Bertz CT molecular complexity index is 734. The van der Waals surface area contributed by atoms with Gasteiger partial charge in [-0.1, -0.05) is 23.7 Å². The van der Waals surface area contributed by atoms with Crippen molar-refractivity contribution in [3.05, 3.63) is 59.5 Å². The Morgan fingerprint density at radius 1 is 1.21 bits per heavy atom. The van der Waals surface area contributed by atoms with Crippen LogP contribution in [0.15, 0.2) is 48.8 Å². The lowest BCUT2D eigenvalue weighted by Crippen LogP contribution is -2.12. The lowest BCUT2D eigenvalue weighted by Gasteiger charge is -2.06.